The van der Waals surface area contributed by atoms with Crippen LogP contribution in [0.5, 0.6) is 0 Å². The number of H-pyrrole nitrogens is 1. The second kappa shape index (κ2) is 26.1. The van der Waals surface area contributed by atoms with Crippen LogP contribution in [0.4, 0.5) is 4.79 Å². The maximum Gasteiger partial charge on any atom is 0.408 e. The summed E-state index contributed by atoms with van der Waals surface area (Å²) in [6, 6.07) is 20.3. The number of ether oxygens (including phenoxy) is 1. The predicted octanol–water partition coefficient (Wildman–Crippen LogP) is 3.39. The van der Waals surface area contributed by atoms with Gasteiger partial charge in [0.25, 0.3) is 0 Å². The number of nitrogens with one attached hydrogen (secondary N) is 7. The lowest BCUT2D eigenvalue weighted by Gasteiger charge is -2.30. The van der Waals surface area contributed by atoms with E-state index in [1.807, 2.05) is 75.4 Å². The second-order valence-corrected chi connectivity index (χ2v) is 17.2. The zero-order chi connectivity index (χ0) is 48.2. The fraction of sp³-hybridized carbons (Fsp3) is 0.429. The molecular weight excluding hydrogens is 843 g/mol. The first kappa shape index (κ1) is 51.6. The molecule has 4 aromatic rings. The van der Waals surface area contributed by atoms with E-state index in [-0.39, 0.29) is 44.1 Å². The summed E-state index contributed by atoms with van der Waals surface area (Å²) in [5, 5.41) is 16.6. The van der Waals surface area contributed by atoms with Gasteiger partial charge in [0.05, 0.1) is 6.33 Å². The van der Waals surface area contributed by atoms with Crippen LogP contribution in [0, 0.1) is 17.8 Å². The zero-order valence-electron chi connectivity index (χ0n) is 38.5. The summed E-state index contributed by atoms with van der Waals surface area (Å²) >= 11 is 0. The van der Waals surface area contributed by atoms with E-state index in [1.54, 1.807) is 57.2 Å². The van der Waals surface area contributed by atoms with Gasteiger partial charge in [-0.25, -0.2) is 9.78 Å². The van der Waals surface area contributed by atoms with E-state index in [0.717, 1.165) is 16.7 Å². The lowest BCUT2D eigenvalue weighted by Crippen LogP contribution is -2.61. The fourth-order valence-corrected chi connectivity index (χ4v) is 7.11. The highest BCUT2D eigenvalue weighted by Crippen LogP contribution is 2.14. The molecule has 0 saturated carbocycles. The van der Waals surface area contributed by atoms with Gasteiger partial charge >= 0.3 is 6.09 Å². The maximum absolute atomic E-state index is 14.4. The van der Waals surface area contributed by atoms with Crippen molar-refractivity contribution in [2.24, 2.45) is 23.5 Å². The van der Waals surface area contributed by atoms with Gasteiger partial charge in [0.1, 0.15) is 42.9 Å². The molecule has 1 heterocycles. The van der Waals surface area contributed by atoms with Gasteiger partial charge in [-0.3, -0.25) is 28.8 Å². The quantitative estimate of drug-likeness (QED) is 0.0485. The number of carbonyl (C=O) groups excluding carboxylic acids is 7. The Kier molecular flexibility index (Phi) is 20.4. The Labute approximate surface area is 386 Å². The average Bonchev–Trinajstić information content (AvgIpc) is 3.82. The van der Waals surface area contributed by atoms with Crippen molar-refractivity contribution in [1.82, 2.24) is 41.9 Å². The van der Waals surface area contributed by atoms with Gasteiger partial charge in [-0.15, -0.1) is 0 Å². The number of rotatable bonds is 25. The summed E-state index contributed by atoms with van der Waals surface area (Å²) in [5.41, 5.74) is 8.42. The molecule has 0 spiro atoms. The van der Waals surface area contributed by atoms with Gasteiger partial charge in [-0.05, 0) is 40.9 Å². The summed E-state index contributed by atoms with van der Waals surface area (Å²) in [4.78, 5) is 103. The highest BCUT2D eigenvalue weighted by molar-refractivity contribution is 5.97. The van der Waals surface area contributed by atoms with E-state index in [4.69, 9.17) is 10.5 Å². The first-order chi connectivity index (χ1) is 31.5. The molecule has 0 saturated heterocycles. The normalized spacial score (nSPS) is 14.3. The molecule has 1 aromatic heterocycles. The van der Waals surface area contributed by atoms with Crippen molar-refractivity contribution in [3.05, 3.63) is 126 Å². The Hall–Kier alpha value is -7.04. The summed E-state index contributed by atoms with van der Waals surface area (Å²) in [7, 11) is 0. The molecule has 0 aliphatic carbocycles. The van der Waals surface area contributed by atoms with Gasteiger partial charge < -0.3 is 47.4 Å². The van der Waals surface area contributed by atoms with E-state index in [1.165, 1.54) is 12.5 Å². The lowest BCUT2D eigenvalue weighted by atomic mass is 9.95. The molecular formula is C49H65N9O8. The number of aromatic amines is 1. The summed E-state index contributed by atoms with van der Waals surface area (Å²) in [6.07, 6.45) is 2.96. The fourth-order valence-electron chi connectivity index (χ4n) is 7.11. The highest BCUT2D eigenvalue weighted by atomic mass is 16.5. The van der Waals surface area contributed by atoms with Crippen LogP contribution in [0.2, 0.25) is 0 Å². The Morgan fingerprint density at radius 3 is 1.53 bits per heavy atom. The van der Waals surface area contributed by atoms with Crippen molar-refractivity contribution in [3.8, 4) is 0 Å². The van der Waals surface area contributed by atoms with Crippen LogP contribution in [0.3, 0.4) is 0 Å². The topological polar surface area (TPSA) is 256 Å². The smallest absolute Gasteiger partial charge is 0.408 e. The molecule has 0 aliphatic heterocycles. The summed E-state index contributed by atoms with van der Waals surface area (Å²) < 4.78 is 5.44. The number of benzene rings is 3. The molecule has 7 atom stereocenters. The number of carbonyl (C=O) groups is 7. The van der Waals surface area contributed by atoms with Crippen LogP contribution in [-0.2, 0) is 59.4 Å². The minimum absolute atomic E-state index is 0.0253. The van der Waals surface area contributed by atoms with E-state index in [0.29, 0.717) is 12.1 Å². The summed E-state index contributed by atoms with van der Waals surface area (Å²) in [5.74, 6) is -4.98. The molecule has 0 radical (unpaired) electrons. The highest BCUT2D eigenvalue weighted by Gasteiger charge is 2.36. The Bertz CT molecular complexity index is 2170. The molecule has 354 valence electrons. The van der Waals surface area contributed by atoms with Crippen LogP contribution in [0.25, 0.3) is 0 Å². The molecule has 66 heavy (non-hydrogen) atoms. The predicted molar refractivity (Wildman–Crippen MR) is 249 cm³/mol. The molecule has 0 aliphatic rings. The van der Waals surface area contributed by atoms with Crippen molar-refractivity contribution in [2.45, 2.75) is 117 Å². The number of nitrogens with two attached hydrogens (primary N) is 1. The first-order valence-corrected chi connectivity index (χ1v) is 22.4. The van der Waals surface area contributed by atoms with Crippen molar-refractivity contribution in [2.75, 3.05) is 0 Å². The van der Waals surface area contributed by atoms with Gasteiger partial charge in [0.2, 0.25) is 35.4 Å². The standard InChI is InChI=1S/C49H65N9O8/c1-7-32(6)42(48(64)53-37(43(50)59)26-36-27-51-29-52-36)58-47(63)41(31(4)5)57-46(62)38(23-30(2)3)54-44(60)39(24-33-17-11-8-12-18-33)55-45(61)40(25-34-19-13-9-14-20-34)56-49(65)66-28-35-21-15-10-16-22-35/h8-22,27,29-32,37-42H,7,23-26,28H2,1-6H3,(H2,50,59)(H,51,52)(H,53,64)(H,54,60)(H,55,61)(H,56,65)(H,57,62)(H,58,63)/t32-,37-,38-,39-,40-,41-,42-/m0/s1. The molecule has 0 bridgehead atoms. The molecule has 9 N–H and O–H groups in total. The summed E-state index contributed by atoms with van der Waals surface area (Å²) in [6.45, 7) is 10.8. The number of amides is 7. The Morgan fingerprint density at radius 2 is 1.05 bits per heavy atom. The van der Waals surface area contributed by atoms with Gasteiger partial charge in [0.15, 0.2) is 0 Å². The van der Waals surface area contributed by atoms with Crippen LogP contribution < -0.4 is 37.6 Å². The zero-order valence-corrected chi connectivity index (χ0v) is 38.5. The third-order valence-corrected chi connectivity index (χ3v) is 11.0. The number of aromatic nitrogens is 2. The number of primary amides is 1. The van der Waals surface area contributed by atoms with Crippen molar-refractivity contribution in [1.29, 1.82) is 0 Å². The number of imidazole rings is 1. The number of hydrogen-bond acceptors (Lipinski definition) is 9. The maximum atomic E-state index is 14.4. The number of hydrogen-bond donors (Lipinski definition) is 8. The van der Waals surface area contributed by atoms with Crippen LogP contribution in [0.15, 0.2) is 104 Å². The Balaban J connectivity index is 1.53. The minimum Gasteiger partial charge on any atom is -0.445 e. The van der Waals surface area contributed by atoms with Gasteiger partial charge in [-0.2, -0.15) is 0 Å². The van der Waals surface area contributed by atoms with E-state index >= 15 is 0 Å². The first-order valence-electron chi connectivity index (χ1n) is 22.4. The minimum atomic E-state index is -1.21. The van der Waals surface area contributed by atoms with Gasteiger partial charge in [-0.1, -0.05) is 139 Å². The number of alkyl carbamates (subject to hydrolysis) is 1. The molecule has 4 rings (SSSR count). The molecule has 17 heteroatoms. The second-order valence-electron chi connectivity index (χ2n) is 17.2. The SMILES string of the molecule is CC[C@H](C)[C@H](NC(=O)[C@@H](NC(=O)[C@H](CC(C)C)NC(=O)[C@H](Cc1ccccc1)NC(=O)[C@H](Cc1ccccc1)NC(=O)OCc1ccccc1)C(C)C)C(=O)N[C@@H](Cc1cnc[nH]1)C(N)=O. The van der Waals surface area contributed by atoms with Crippen molar-refractivity contribution >= 4 is 41.5 Å². The monoisotopic (exact) mass is 907 g/mol. The van der Waals surface area contributed by atoms with Gasteiger partial charge in [0, 0.05) is 31.2 Å². The van der Waals surface area contributed by atoms with Crippen LogP contribution in [-0.4, -0.2) is 87.8 Å². The lowest BCUT2D eigenvalue weighted by molar-refractivity contribution is -0.136. The van der Waals surface area contributed by atoms with Crippen molar-refractivity contribution in [3.63, 3.8) is 0 Å². The van der Waals surface area contributed by atoms with Crippen LogP contribution >= 0.6 is 0 Å². The molecule has 3 aromatic carbocycles. The molecule has 0 unspecified atom stereocenters. The van der Waals surface area contributed by atoms with E-state index in [9.17, 15) is 33.6 Å². The Morgan fingerprint density at radius 1 is 0.576 bits per heavy atom. The molecule has 0 fully saturated rings. The largest absolute Gasteiger partial charge is 0.445 e. The number of nitrogens with zero attached hydrogens (tertiary/aromatic N) is 1. The van der Waals surface area contributed by atoms with Crippen molar-refractivity contribution < 1.29 is 38.3 Å². The third-order valence-electron chi connectivity index (χ3n) is 11.0. The third kappa shape index (κ3) is 16.8. The van der Waals surface area contributed by atoms with E-state index in [2.05, 4.69) is 41.9 Å². The molecule has 17 nitrogen and oxygen atoms in total. The molecule has 7 amide bonds. The average molecular weight is 908 g/mol. The van der Waals surface area contributed by atoms with E-state index < -0.39 is 83.7 Å². The van der Waals surface area contributed by atoms with Crippen LogP contribution in [0.1, 0.15) is 76.8 Å².